The summed E-state index contributed by atoms with van der Waals surface area (Å²) in [5.41, 5.74) is 6.60. The summed E-state index contributed by atoms with van der Waals surface area (Å²) < 4.78 is 5.46. The molecule has 2 N–H and O–H groups in total. The lowest BCUT2D eigenvalue weighted by Gasteiger charge is -2.12. The number of likely N-dealkylation sites (N-methyl/N-ethyl adjacent to an activating group) is 1. The average molecular weight is 385 g/mol. The third-order valence-electron chi connectivity index (χ3n) is 3.85. The minimum Gasteiger partial charge on any atom is -0.484 e. The van der Waals surface area contributed by atoms with E-state index in [9.17, 15) is 4.79 Å². The van der Waals surface area contributed by atoms with Gasteiger partial charge in [-0.25, -0.2) is 0 Å². The van der Waals surface area contributed by atoms with Crippen LogP contribution in [0.25, 0.3) is 0 Å². The van der Waals surface area contributed by atoms with Crippen molar-refractivity contribution < 1.29 is 9.53 Å². The van der Waals surface area contributed by atoms with E-state index in [0.29, 0.717) is 10.9 Å². The molecule has 0 saturated heterocycles. The van der Waals surface area contributed by atoms with Crippen LogP contribution in [-0.4, -0.2) is 42.3 Å². The number of amides is 1. The van der Waals surface area contributed by atoms with Crippen molar-refractivity contribution in [3.05, 3.63) is 59.7 Å². The Hall–Kier alpha value is -2.93. The molecule has 2 aromatic rings. The van der Waals surface area contributed by atoms with E-state index >= 15 is 0 Å². The summed E-state index contributed by atoms with van der Waals surface area (Å²) in [5, 5.41) is 7.85. The molecular weight excluding hydrogens is 360 g/mol. The lowest BCUT2D eigenvalue weighted by Crippen LogP contribution is -2.27. The molecule has 2 aromatic carbocycles. The number of hydrazone groups is 1. The molecule has 1 amide bonds. The van der Waals surface area contributed by atoms with Crippen molar-refractivity contribution in [2.75, 3.05) is 26.0 Å². The summed E-state index contributed by atoms with van der Waals surface area (Å²) in [6.07, 6.45) is 0. The lowest BCUT2D eigenvalue weighted by atomic mass is 10.1. The second kappa shape index (κ2) is 9.68. The highest BCUT2D eigenvalue weighted by Gasteiger charge is 2.05. The molecule has 27 heavy (non-hydrogen) atoms. The Morgan fingerprint density at radius 1 is 1.15 bits per heavy atom. The van der Waals surface area contributed by atoms with Gasteiger partial charge >= 0.3 is 0 Å². The highest BCUT2D eigenvalue weighted by molar-refractivity contribution is 7.80. The minimum atomic E-state index is -0.0873. The van der Waals surface area contributed by atoms with Crippen molar-refractivity contribution in [2.24, 2.45) is 5.10 Å². The molecule has 0 spiro atoms. The second-order valence-electron chi connectivity index (χ2n) is 6.18. The molecule has 0 bridgehead atoms. The molecule has 7 heteroatoms. The van der Waals surface area contributed by atoms with Gasteiger partial charge in [-0.15, -0.1) is 0 Å². The van der Waals surface area contributed by atoms with Gasteiger partial charge in [0.05, 0.1) is 5.71 Å². The van der Waals surface area contributed by atoms with E-state index in [1.165, 1.54) is 4.90 Å². The summed E-state index contributed by atoms with van der Waals surface area (Å²) >= 11 is 5.28. The fourth-order valence-electron chi connectivity index (χ4n) is 2.13. The zero-order valence-electron chi connectivity index (χ0n) is 15.9. The maximum atomic E-state index is 11.5. The first-order valence-corrected chi connectivity index (χ1v) is 8.88. The van der Waals surface area contributed by atoms with Gasteiger partial charge in [-0.05, 0) is 67.5 Å². The Labute approximate surface area is 165 Å². The van der Waals surface area contributed by atoms with Gasteiger partial charge in [0.1, 0.15) is 5.75 Å². The Bertz CT molecular complexity index is 832. The molecule has 0 heterocycles. The van der Waals surface area contributed by atoms with Gasteiger partial charge < -0.3 is 15.0 Å². The Morgan fingerprint density at radius 3 is 2.44 bits per heavy atom. The fraction of sp³-hybridized carbons (Fsp3) is 0.250. The molecule has 0 aliphatic rings. The maximum Gasteiger partial charge on any atom is 0.259 e. The highest BCUT2D eigenvalue weighted by Crippen LogP contribution is 2.14. The number of para-hydroxylation sites is 1. The predicted molar refractivity (Wildman–Crippen MR) is 113 cm³/mol. The number of carbonyl (C=O) groups is 1. The van der Waals surface area contributed by atoms with Gasteiger partial charge in [0.2, 0.25) is 0 Å². The molecule has 0 aromatic heterocycles. The number of thiocarbonyl (C=S) groups is 1. The predicted octanol–water partition coefficient (Wildman–Crippen LogP) is 3.17. The Kier molecular flexibility index (Phi) is 7.31. The van der Waals surface area contributed by atoms with Crippen LogP contribution in [-0.2, 0) is 4.79 Å². The minimum absolute atomic E-state index is 0.0137. The molecule has 0 radical (unpaired) electrons. The Morgan fingerprint density at radius 2 is 1.81 bits per heavy atom. The first kappa shape index (κ1) is 20.4. The quantitative estimate of drug-likeness (QED) is 0.455. The highest BCUT2D eigenvalue weighted by atomic mass is 32.1. The number of carbonyl (C=O) groups excluding carboxylic acids is 1. The van der Waals surface area contributed by atoms with Gasteiger partial charge in [0, 0.05) is 19.8 Å². The average Bonchev–Trinajstić information content (AvgIpc) is 2.66. The van der Waals surface area contributed by atoms with Crippen LogP contribution in [0.1, 0.15) is 18.1 Å². The third-order valence-corrected chi connectivity index (χ3v) is 4.04. The van der Waals surface area contributed by atoms with Crippen molar-refractivity contribution in [3.8, 4) is 5.75 Å². The summed E-state index contributed by atoms with van der Waals surface area (Å²) in [6, 6.07) is 15.3. The van der Waals surface area contributed by atoms with Crippen LogP contribution < -0.4 is 15.5 Å². The standard InChI is InChI=1S/C20H24N4O2S/c1-14-7-5-6-8-18(14)21-20(27)23-22-15(2)16-9-11-17(12-10-16)26-13-19(25)24(3)4/h5-12H,13H2,1-4H3,(H2,21,23,27)/b22-15-. The van der Waals surface area contributed by atoms with E-state index < -0.39 is 0 Å². The van der Waals surface area contributed by atoms with E-state index in [0.717, 1.165) is 22.5 Å². The summed E-state index contributed by atoms with van der Waals surface area (Å²) in [4.78, 5) is 13.0. The van der Waals surface area contributed by atoms with Crippen molar-refractivity contribution in [1.29, 1.82) is 0 Å². The monoisotopic (exact) mass is 384 g/mol. The van der Waals surface area contributed by atoms with Gasteiger partial charge in [0.15, 0.2) is 11.7 Å². The van der Waals surface area contributed by atoms with E-state index in [4.69, 9.17) is 17.0 Å². The number of rotatable bonds is 6. The van der Waals surface area contributed by atoms with E-state index in [1.807, 2.05) is 50.2 Å². The van der Waals surface area contributed by atoms with Crippen LogP contribution in [0.15, 0.2) is 53.6 Å². The zero-order chi connectivity index (χ0) is 19.8. The molecule has 0 saturated carbocycles. The van der Waals surface area contributed by atoms with Crippen LogP contribution >= 0.6 is 12.2 Å². The zero-order valence-corrected chi connectivity index (χ0v) is 16.8. The molecule has 2 rings (SSSR count). The van der Waals surface area contributed by atoms with Crippen molar-refractivity contribution in [2.45, 2.75) is 13.8 Å². The lowest BCUT2D eigenvalue weighted by molar-refractivity contribution is -0.130. The Balaban J connectivity index is 1.90. The van der Waals surface area contributed by atoms with Crippen molar-refractivity contribution in [1.82, 2.24) is 10.3 Å². The third kappa shape index (κ3) is 6.38. The van der Waals surface area contributed by atoms with E-state index in [1.54, 1.807) is 26.2 Å². The smallest absolute Gasteiger partial charge is 0.259 e. The fourth-order valence-corrected chi connectivity index (χ4v) is 2.28. The number of hydrogen-bond acceptors (Lipinski definition) is 4. The first-order valence-electron chi connectivity index (χ1n) is 8.47. The molecule has 0 aliphatic heterocycles. The number of aryl methyl sites for hydroxylation is 1. The van der Waals surface area contributed by atoms with Gasteiger partial charge in [-0.1, -0.05) is 18.2 Å². The summed E-state index contributed by atoms with van der Waals surface area (Å²) in [6.45, 7) is 3.91. The van der Waals surface area contributed by atoms with Crippen LogP contribution in [0.2, 0.25) is 0 Å². The largest absolute Gasteiger partial charge is 0.484 e. The molecule has 6 nitrogen and oxygen atoms in total. The maximum absolute atomic E-state index is 11.5. The number of hydrogen-bond donors (Lipinski definition) is 2. The topological polar surface area (TPSA) is 66.0 Å². The summed E-state index contributed by atoms with van der Waals surface area (Å²) in [5.74, 6) is 0.544. The van der Waals surface area contributed by atoms with Crippen LogP contribution in [0.5, 0.6) is 5.75 Å². The number of nitrogens with zero attached hydrogens (tertiary/aromatic N) is 2. The molecule has 0 fully saturated rings. The molecule has 0 atom stereocenters. The van der Waals surface area contributed by atoms with Crippen LogP contribution in [0.3, 0.4) is 0 Å². The SMILES string of the molecule is C/C(=N/NC(=S)Nc1ccccc1C)c1ccc(OCC(=O)N(C)C)cc1. The molecule has 0 unspecified atom stereocenters. The molecule has 0 aliphatic carbocycles. The van der Waals surface area contributed by atoms with Gasteiger partial charge in [0.25, 0.3) is 5.91 Å². The molecular formula is C20H24N4O2S. The van der Waals surface area contributed by atoms with Crippen molar-refractivity contribution in [3.63, 3.8) is 0 Å². The summed E-state index contributed by atoms with van der Waals surface area (Å²) in [7, 11) is 3.39. The normalized spacial score (nSPS) is 10.9. The number of ether oxygens (including phenoxy) is 1. The number of nitrogens with one attached hydrogen (secondary N) is 2. The second-order valence-corrected chi connectivity index (χ2v) is 6.59. The van der Waals surface area contributed by atoms with Crippen molar-refractivity contribution >= 4 is 34.6 Å². The number of benzene rings is 2. The van der Waals surface area contributed by atoms with Crippen LogP contribution in [0, 0.1) is 6.92 Å². The van der Waals surface area contributed by atoms with Gasteiger partial charge in [-0.3, -0.25) is 10.2 Å². The van der Waals surface area contributed by atoms with Gasteiger partial charge in [-0.2, -0.15) is 5.10 Å². The molecule has 142 valence electrons. The first-order chi connectivity index (χ1) is 12.9. The van der Waals surface area contributed by atoms with Crippen LogP contribution in [0.4, 0.5) is 5.69 Å². The van der Waals surface area contributed by atoms with E-state index in [2.05, 4.69) is 15.8 Å². The van der Waals surface area contributed by atoms with E-state index in [-0.39, 0.29) is 12.5 Å². The number of anilines is 1.